The third kappa shape index (κ3) is 6.41. The summed E-state index contributed by atoms with van der Waals surface area (Å²) in [6.07, 6.45) is 2.35. The standard InChI is InChI=1S/C25H37N3O6S/c1-5-23(29)28-14-11-19-16-20(7-8-22(19)28)35(32,33)26-21(15-17(3)4)24(30)27-12-9-18(10-13-27)25(31)34-6-2/h7-8,16-18,21,26H,5-6,9-15H2,1-4H3. The van der Waals surface area contributed by atoms with Crippen molar-refractivity contribution in [3.8, 4) is 0 Å². The molecule has 2 aliphatic heterocycles. The first-order valence-electron chi connectivity index (χ1n) is 12.5. The van der Waals surface area contributed by atoms with Gasteiger partial charge in [-0.1, -0.05) is 20.8 Å². The van der Waals surface area contributed by atoms with E-state index in [4.69, 9.17) is 4.74 Å². The predicted molar refractivity (Wildman–Crippen MR) is 132 cm³/mol. The summed E-state index contributed by atoms with van der Waals surface area (Å²) < 4.78 is 34.3. The van der Waals surface area contributed by atoms with Crippen molar-refractivity contribution in [3.63, 3.8) is 0 Å². The number of amides is 2. The van der Waals surface area contributed by atoms with Crippen molar-refractivity contribution >= 4 is 33.5 Å². The van der Waals surface area contributed by atoms with Crippen LogP contribution in [0.1, 0.15) is 58.9 Å². The number of likely N-dealkylation sites (tertiary alicyclic amines) is 1. The Morgan fingerprint density at radius 1 is 1.11 bits per heavy atom. The number of piperidine rings is 1. The predicted octanol–water partition coefficient (Wildman–Crippen LogP) is 2.48. The Kier molecular flexibility index (Phi) is 8.93. The lowest BCUT2D eigenvalue weighted by Crippen LogP contribution is -2.51. The zero-order valence-corrected chi connectivity index (χ0v) is 21.9. The van der Waals surface area contributed by atoms with E-state index in [1.54, 1.807) is 35.8 Å². The SMILES string of the molecule is CCOC(=O)C1CCN(C(=O)C(CC(C)C)NS(=O)(=O)c2ccc3c(c2)CCN3C(=O)CC)CC1. The number of hydrogen-bond donors (Lipinski definition) is 1. The molecule has 9 nitrogen and oxygen atoms in total. The Hall–Kier alpha value is -2.46. The Bertz CT molecular complexity index is 1050. The smallest absolute Gasteiger partial charge is 0.309 e. The van der Waals surface area contributed by atoms with E-state index in [-0.39, 0.29) is 34.5 Å². The number of hydrogen-bond acceptors (Lipinski definition) is 6. The number of benzene rings is 1. The van der Waals surface area contributed by atoms with Gasteiger partial charge < -0.3 is 14.5 Å². The van der Waals surface area contributed by atoms with Gasteiger partial charge in [0.1, 0.15) is 6.04 Å². The van der Waals surface area contributed by atoms with Gasteiger partial charge in [0.05, 0.1) is 17.4 Å². The summed E-state index contributed by atoms with van der Waals surface area (Å²) in [6.45, 7) is 9.08. The fourth-order valence-corrected chi connectivity index (χ4v) is 5.99. The minimum absolute atomic E-state index is 0.00630. The molecule has 0 aromatic heterocycles. The van der Waals surface area contributed by atoms with Crippen LogP contribution in [-0.2, 0) is 35.6 Å². The quantitative estimate of drug-likeness (QED) is 0.514. The highest BCUT2D eigenvalue weighted by atomic mass is 32.2. The maximum atomic E-state index is 13.3. The van der Waals surface area contributed by atoms with E-state index in [0.717, 1.165) is 11.3 Å². The first-order chi connectivity index (χ1) is 16.6. The molecular formula is C25H37N3O6S. The molecule has 1 saturated heterocycles. The zero-order chi connectivity index (χ0) is 25.8. The van der Waals surface area contributed by atoms with Crippen LogP contribution in [0.2, 0.25) is 0 Å². The monoisotopic (exact) mass is 507 g/mol. The molecule has 2 heterocycles. The number of carbonyl (C=O) groups excluding carboxylic acids is 3. The van der Waals surface area contributed by atoms with Crippen molar-refractivity contribution in [1.29, 1.82) is 0 Å². The highest BCUT2D eigenvalue weighted by molar-refractivity contribution is 7.89. The largest absolute Gasteiger partial charge is 0.466 e. The van der Waals surface area contributed by atoms with E-state index in [2.05, 4.69) is 4.72 Å². The van der Waals surface area contributed by atoms with E-state index < -0.39 is 16.1 Å². The van der Waals surface area contributed by atoms with Gasteiger partial charge in [-0.3, -0.25) is 14.4 Å². The molecule has 1 fully saturated rings. The lowest BCUT2D eigenvalue weighted by Gasteiger charge is -2.34. The van der Waals surface area contributed by atoms with Gasteiger partial charge in [-0.2, -0.15) is 4.72 Å². The van der Waals surface area contributed by atoms with Crippen molar-refractivity contribution in [1.82, 2.24) is 9.62 Å². The first kappa shape index (κ1) is 27.1. The van der Waals surface area contributed by atoms with Gasteiger partial charge in [-0.15, -0.1) is 0 Å². The molecule has 1 atom stereocenters. The fraction of sp³-hybridized carbons (Fsp3) is 0.640. The van der Waals surface area contributed by atoms with Gasteiger partial charge in [0.15, 0.2) is 0 Å². The molecule has 1 aromatic carbocycles. The van der Waals surface area contributed by atoms with Crippen LogP contribution in [0.25, 0.3) is 0 Å². The summed E-state index contributed by atoms with van der Waals surface area (Å²) in [5, 5.41) is 0. The van der Waals surface area contributed by atoms with Crippen LogP contribution in [-0.4, -0.2) is 63.4 Å². The number of sulfonamides is 1. The molecule has 35 heavy (non-hydrogen) atoms. The van der Waals surface area contributed by atoms with Crippen molar-refractivity contribution in [2.24, 2.45) is 11.8 Å². The van der Waals surface area contributed by atoms with Gasteiger partial charge in [-0.05, 0) is 62.3 Å². The third-order valence-electron chi connectivity index (χ3n) is 6.59. The third-order valence-corrected chi connectivity index (χ3v) is 8.06. The number of esters is 1. The number of anilines is 1. The molecule has 194 valence electrons. The summed E-state index contributed by atoms with van der Waals surface area (Å²) in [5.74, 6) is -0.644. The fourth-order valence-electron chi connectivity index (χ4n) is 4.74. The van der Waals surface area contributed by atoms with Crippen LogP contribution < -0.4 is 9.62 Å². The number of fused-ring (bicyclic) bond motifs is 1. The van der Waals surface area contributed by atoms with Gasteiger partial charge in [0, 0.05) is 31.7 Å². The van der Waals surface area contributed by atoms with Crippen LogP contribution in [0.15, 0.2) is 23.1 Å². The topological polar surface area (TPSA) is 113 Å². The highest BCUT2D eigenvalue weighted by Gasteiger charge is 2.34. The molecule has 3 rings (SSSR count). The number of nitrogens with zero attached hydrogens (tertiary/aromatic N) is 2. The van der Waals surface area contributed by atoms with Gasteiger partial charge in [-0.25, -0.2) is 8.42 Å². The van der Waals surface area contributed by atoms with Crippen LogP contribution in [0, 0.1) is 11.8 Å². The maximum absolute atomic E-state index is 13.3. The Morgan fingerprint density at radius 3 is 2.40 bits per heavy atom. The summed E-state index contributed by atoms with van der Waals surface area (Å²) >= 11 is 0. The van der Waals surface area contributed by atoms with Gasteiger partial charge >= 0.3 is 5.97 Å². The Balaban J connectivity index is 1.73. The molecule has 0 aliphatic carbocycles. The molecule has 0 radical (unpaired) electrons. The number of carbonyl (C=O) groups is 3. The summed E-state index contributed by atoms with van der Waals surface area (Å²) in [5.41, 5.74) is 1.55. The summed E-state index contributed by atoms with van der Waals surface area (Å²) in [6, 6.07) is 3.86. The van der Waals surface area contributed by atoms with Crippen LogP contribution in [0.5, 0.6) is 0 Å². The minimum atomic E-state index is -3.96. The second-order valence-corrected chi connectivity index (χ2v) is 11.3. The summed E-state index contributed by atoms with van der Waals surface area (Å²) in [4.78, 5) is 40.9. The lowest BCUT2D eigenvalue weighted by molar-refractivity contribution is -0.151. The molecule has 1 unspecified atom stereocenters. The second-order valence-electron chi connectivity index (χ2n) is 9.59. The van der Waals surface area contributed by atoms with E-state index in [9.17, 15) is 22.8 Å². The van der Waals surface area contributed by atoms with Crippen molar-refractivity contribution in [2.75, 3.05) is 31.1 Å². The maximum Gasteiger partial charge on any atom is 0.309 e. The van der Waals surface area contributed by atoms with Crippen molar-refractivity contribution < 1.29 is 27.5 Å². The average molecular weight is 508 g/mol. The molecule has 0 spiro atoms. The Morgan fingerprint density at radius 2 is 1.80 bits per heavy atom. The number of ether oxygens (including phenoxy) is 1. The number of nitrogens with one attached hydrogen (secondary N) is 1. The minimum Gasteiger partial charge on any atom is -0.466 e. The van der Waals surface area contributed by atoms with Crippen LogP contribution in [0.4, 0.5) is 5.69 Å². The summed E-state index contributed by atoms with van der Waals surface area (Å²) in [7, 11) is -3.96. The number of rotatable bonds is 9. The van der Waals surface area contributed by atoms with Crippen LogP contribution >= 0.6 is 0 Å². The van der Waals surface area contributed by atoms with Crippen molar-refractivity contribution in [2.45, 2.75) is 70.7 Å². The molecule has 0 bridgehead atoms. The Labute approximate surface area is 208 Å². The average Bonchev–Trinajstić information content (AvgIpc) is 3.26. The lowest BCUT2D eigenvalue weighted by atomic mass is 9.95. The van der Waals surface area contributed by atoms with Crippen LogP contribution in [0.3, 0.4) is 0 Å². The molecular weight excluding hydrogens is 470 g/mol. The highest BCUT2D eigenvalue weighted by Crippen LogP contribution is 2.31. The molecule has 2 amide bonds. The van der Waals surface area contributed by atoms with E-state index in [1.807, 2.05) is 13.8 Å². The molecule has 2 aliphatic rings. The molecule has 0 saturated carbocycles. The second kappa shape index (κ2) is 11.5. The first-order valence-corrected chi connectivity index (χ1v) is 14.0. The molecule has 1 N–H and O–H groups in total. The van der Waals surface area contributed by atoms with Gasteiger partial charge in [0.2, 0.25) is 21.8 Å². The molecule has 10 heteroatoms. The van der Waals surface area contributed by atoms with Gasteiger partial charge in [0.25, 0.3) is 0 Å². The zero-order valence-electron chi connectivity index (χ0n) is 21.1. The van der Waals surface area contributed by atoms with Crippen molar-refractivity contribution in [3.05, 3.63) is 23.8 Å². The van der Waals surface area contributed by atoms with E-state index in [0.29, 0.717) is 58.3 Å². The van der Waals surface area contributed by atoms with E-state index >= 15 is 0 Å². The van der Waals surface area contributed by atoms with E-state index in [1.165, 1.54) is 6.07 Å². The molecule has 1 aromatic rings. The normalized spacial score (nSPS) is 17.4.